The number of tetrazole rings is 1. The van der Waals surface area contributed by atoms with Crippen LogP contribution >= 0.6 is 0 Å². The molecule has 9 nitrogen and oxygen atoms in total. The van der Waals surface area contributed by atoms with Crippen LogP contribution in [-0.2, 0) is 9.47 Å². The third-order valence-corrected chi connectivity index (χ3v) is 2.84. The van der Waals surface area contributed by atoms with E-state index in [9.17, 15) is 4.79 Å². The van der Waals surface area contributed by atoms with Gasteiger partial charge in [0, 0.05) is 18.9 Å². The van der Waals surface area contributed by atoms with Crippen LogP contribution in [0.15, 0.2) is 30.6 Å². The van der Waals surface area contributed by atoms with Crippen LogP contribution in [0.2, 0.25) is 0 Å². The second kappa shape index (κ2) is 8.81. The maximum atomic E-state index is 11.9. The summed E-state index contributed by atoms with van der Waals surface area (Å²) in [7, 11) is 0. The number of nitrogens with zero attached hydrogens (tertiary/aromatic N) is 4. The molecule has 0 saturated carbocycles. The number of hydrogen-bond donors (Lipinski definition) is 2. The zero-order valence-electron chi connectivity index (χ0n) is 13.1. The van der Waals surface area contributed by atoms with Gasteiger partial charge in [-0.25, -0.2) is 4.79 Å². The van der Waals surface area contributed by atoms with Gasteiger partial charge in [0.25, 0.3) is 0 Å². The molecule has 2 amide bonds. The van der Waals surface area contributed by atoms with Crippen molar-refractivity contribution >= 4 is 11.7 Å². The third-order valence-electron chi connectivity index (χ3n) is 2.84. The number of aromatic nitrogens is 4. The third kappa shape index (κ3) is 5.31. The van der Waals surface area contributed by atoms with Crippen LogP contribution in [0.3, 0.4) is 0 Å². The molecule has 0 radical (unpaired) electrons. The molecule has 0 unspecified atom stereocenters. The van der Waals surface area contributed by atoms with Crippen LogP contribution in [0, 0.1) is 0 Å². The highest BCUT2D eigenvalue weighted by molar-refractivity contribution is 5.89. The molecule has 23 heavy (non-hydrogen) atoms. The van der Waals surface area contributed by atoms with E-state index in [0.717, 1.165) is 5.69 Å². The van der Waals surface area contributed by atoms with Crippen LogP contribution in [0.4, 0.5) is 10.5 Å². The first-order valence-electron chi connectivity index (χ1n) is 7.34. The van der Waals surface area contributed by atoms with Gasteiger partial charge in [-0.05, 0) is 43.3 Å². The number of nitrogens with one attached hydrogen (secondary N) is 2. The number of anilines is 1. The highest BCUT2D eigenvalue weighted by atomic mass is 16.7. The number of amides is 2. The van der Waals surface area contributed by atoms with Crippen molar-refractivity contribution in [2.75, 3.05) is 25.1 Å². The topological polar surface area (TPSA) is 103 Å². The van der Waals surface area contributed by atoms with E-state index in [1.807, 2.05) is 13.8 Å². The molecule has 2 N–H and O–H groups in total. The molecule has 0 bridgehead atoms. The summed E-state index contributed by atoms with van der Waals surface area (Å²) in [6.45, 7) is 5.06. The van der Waals surface area contributed by atoms with Crippen LogP contribution in [-0.4, -0.2) is 52.3 Å². The van der Waals surface area contributed by atoms with E-state index >= 15 is 0 Å². The van der Waals surface area contributed by atoms with E-state index in [0.29, 0.717) is 18.9 Å². The van der Waals surface area contributed by atoms with Gasteiger partial charge in [0.2, 0.25) is 0 Å². The number of hydrogen-bond acceptors (Lipinski definition) is 6. The molecule has 2 aromatic rings. The van der Waals surface area contributed by atoms with Gasteiger partial charge in [-0.1, -0.05) is 0 Å². The maximum Gasteiger partial charge on any atom is 0.319 e. The fourth-order valence-corrected chi connectivity index (χ4v) is 1.85. The Kier molecular flexibility index (Phi) is 6.45. The summed E-state index contributed by atoms with van der Waals surface area (Å²) in [5.41, 5.74) is 1.40. The van der Waals surface area contributed by atoms with E-state index < -0.39 is 6.29 Å². The Balaban J connectivity index is 1.83. The number of carbonyl (C=O) groups excluding carboxylic acids is 1. The summed E-state index contributed by atoms with van der Waals surface area (Å²) >= 11 is 0. The molecule has 9 heteroatoms. The largest absolute Gasteiger partial charge is 0.351 e. The van der Waals surface area contributed by atoms with Gasteiger partial charge in [0.05, 0.1) is 12.2 Å². The second-order valence-corrected chi connectivity index (χ2v) is 4.45. The quantitative estimate of drug-likeness (QED) is 0.708. The molecule has 0 atom stereocenters. The molecule has 1 aromatic carbocycles. The number of benzene rings is 1. The average molecular weight is 320 g/mol. The van der Waals surface area contributed by atoms with Gasteiger partial charge in [-0.2, -0.15) is 0 Å². The van der Waals surface area contributed by atoms with Gasteiger partial charge in [-0.15, -0.1) is 15.0 Å². The Morgan fingerprint density at radius 1 is 1.22 bits per heavy atom. The zero-order chi connectivity index (χ0) is 16.5. The molecule has 2 rings (SSSR count). The van der Waals surface area contributed by atoms with Gasteiger partial charge >= 0.3 is 6.03 Å². The van der Waals surface area contributed by atoms with Crippen molar-refractivity contribution in [3.63, 3.8) is 0 Å². The lowest BCUT2D eigenvalue weighted by molar-refractivity contribution is -0.131. The highest BCUT2D eigenvalue weighted by Gasteiger charge is 2.10. The summed E-state index contributed by atoms with van der Waals surface area (Å²) in [4.78, 5) is 13.3. The summed E-state index contributed by atoms with van der Waals surface area (Å²) in [5, 5.41) is 16.8. The van der Waals surface area contributed by atoms with Gasteiger partial charge in [0.15, 0.2) is 12.6 Å². The van der Waals surface area contributed by atoms with Gasteiger partial charge < -0.3 is 20.1 Å². The second-order valence-electron chi connectivity index (χ2n) is 4.45. The molecule has 0 aliphatic rings. The van der Waals surface area contributed by atoms with E-state index in [2.05, 4.69) is 26.0 Å². The Morgan fingerprint density at radius 3 is 2.48 bits per heavy atom. The average Bonchev–Trinajstić information content (AvgIpc) is 3.08. The number of ether oxygens (including phenoxy) is 2. The molecule has 1 aromatic heterocycles. The first kappa shape index (κ1) is 16.8. The predicted molar refractivity (Wildman–Crippen MR) is 83.2 cm³/mol. The smallest absolute Gasteiger partial charge is 0.319 e. The first-order valence-corrected chi connectivity index (χ1v) is 7.34. The van der Waals surface area contributed by atoms with Crippen LogP contribution in [0.1, 0.15) is 13.8 Å². The fraction of sp³-hybridized carbons (Fsp3) is 0.429. The van der Waals surface area contributed by atoms with Crippen LogP contribution in [0.5, 0.6) is 0 Å². The Hall–Kier alpha value is -2.52. The molecule has 0 fully saturated rings. The van der Waals surface area contributed by atoms with Crippen molar-refractivity contribution in [3.8, 4) is 5.69 Å². The van der Waals surface area contributed by atoms with Gasteiger partial charge in [0.1, 0.15) is 0 Å². The summed E-state index contributed by atoms with van der Waals surface area (Å²) in [6, 6.07) is 6.73. The number of urea groups is 1. The maximum absolute atomic E-state index is 11.9. The lowest BCUT2D eigenvalue weighted by Crippen LogP contribution is -2.37. The molecule has 1 heterocycles. The Labute approximate surface area is 134 Å². The van der Waals surface area contributed by atoms with Crippen LogP contribution < -0.4 is 10.6 Å². The molecule has 124 valence electrons. The zero-order valence-corrected chi connectivity index (χ0v) is 13.1. The molecule has 0 aliphatic carbocycles. The molecular formula is C14H20N6O3. The van der Waals surface area contributed by atoms with Gasteiger partial charge in [-0.3, -0.25) is 0 Å². The van der Waals surface area contributed by atoms with E-state index in [4.69, 9.17) is 9.47 Å². The monoisotopic (exact) mass is 320 g/mol. The SMILES string of the molecule is CCOC(CNC(=O)Nc1ccc(-n2ncnn2)cc1)OCC. The summed E-state index contributed by atoms with van der Waals surface area (Å²) in [6.07, 6.45) is 0.906. The minimum atomic E-state index is -0.448. The number of rotatable bonds is 8. The first-order chi connectivity index (χ1) is 11.2. The van der Waals surface area contributed by atoms with Crippen LogP contribution in [0.25, 0.3) is 5.69 Å². The summed E-state index contributed by atoms with van der Waals surface area (Å²) in [5.74, 6) is 0. The fourth-order valence-electron chi connectivity index (χ4n) is 1.85. The minimum absolute atomic E-state index is 0.272. The highest BCUT2D eigenvalue weighted by Crippen LogP contribution is 2.11. The van der Waals surface area contributed by atoms with Crippen molar-refractivity contribution in [1.29, 1.82) is 0 Å². The van der Waals surface area contributed by atoms with Crippen molar-refractivity contribution < 1.29 is 14.3 Å². The number of carbonyl (C=O) groups is 1. The van der Waals surface area contributed by atoms with E-state index in [-0.39, 0.29) is 12.6 Å². The standard InChI is InChI=1S/C14H20N6O3/c1-3-22-13(23-4-2)9-15-14(21)18-11-5-7-12(8-6-11)20-17-10-16-19-20/h5-8,10,13H,3-4,9H2,1-2H3,(H2,15,18,21). The molecule has 0 spiro atoms. The van der Waals surface area contributed by atoms with Crippen molar-refractivity contribution in [2.24, 2.45) is 0 Å². The summed E-state index contributed by atoms with van der Waals surface area (Å²) < 4.78 is 10.7. The Morgan fingerprint density at radius 2 is 1.91 bits per heavy atom. The lowest BCUT2D eigenvalue weighted by atomic mass is 10.3. The lowest BCUT2D eigenvalue weighted by Gasteiger charge is -2.17. The molecular weight excluding hydrogens is 300 g/mol. The van der Waals surface area contributed by atoms with Crippen molar-refractivity contribution in [2.45, 2.75) is 20.1 Å². The molecule has 0 aliphatic heterocycles. The Bertz CT molecular complexity index is 581. The van der Waals surface area contributed by atoms with Crippen molar-refractivity contribution in [3.05, 3.63) is 30.6 Å². The van der Waals surface area contributed by atoms with Crippen molar-refractivity contribution in [1.82, 2.24) is 25.5 Å². The molecule has 0 saturated heterocycles. The normalized spacial score (nSPS) is 10.7. The predicted octanol–water partition coefficient (Wildman–Crippen LogP) is 1.18. The van der Waals surface area contributed by atoms with E-state index in [1.54, 1.807) is 24.3 Å². The minimum Gasteiger partial charge on any atom is -0.351 e. The van der Waals surface area contributed by atoms with E-state index in [1.165, 1.54) is 11.1 Å².